The van der Waals surface area contributed by atoms with Gasteiger partial charge >= 0.3 is 0 Å². The van der Waals surface area contributed by atoms with Crippen LogP contribution in [0.5, 0.6) is 11.5 Å². The molecule has 0 spiro atoms. The van der Waals surface area contributed by atoms with Gasteiger partial charge in [0, 0.05) is 11.4 Å². The third-order valence-corrected chi connectivity index (χ3v) is 6.13. The highest BCUT2D eigenvalue weighted by Crippen LogP contribution is 2.28. The minimum absolute atomic E-state index is 0.172. The number of hydrogen-bond donors (Lipinski definition) is 0. The van der Waals surface area contributed by atoms with E-state index in [0.717, 1.165) is 33.5 Å². The van der Waals surface area contributed by atoms with Crippen molar-refractivity contribution in [3.63, 3.8) is 0 Å². The molecule has 148 valence electrons. The van der Waals surface area contributed by atoms with Crippen LogP contribution in [0.1, 0.15) is 18.9 Å². The predicted molar refractivity (Wildman–Crippen MR) is 116 cm³/mol. The molecule has 28 heavy (non-hydrogen) atoms. The summed E-state index contributed by atoms with van der Waals surface area (Å²) < 4.78 is 13.9. The van der Waals surface area contributed by atoms with E-state index in [4.69, 9.17) is 9.47 Å². The summed E-state index contributed by atoms with van der Waals surface area (Å²) in [7, 11) is 3.18. The third-order valence-electron chi connectivity index (χ3n) is 4.36. The van der Waals surface area contributed by atoms with E-state index in [0.29, 0.717) is 11.5 Å². The van der Waals surface area contributed by atoms with Gasteiger partial charge in [-0.2, -0.15) is 4.99 Å². The second kappa shape index (κ2) is 9.30. The van der Waals surface area contributed by atoms with E-state index in [2.05, 4.69) is 40.9 Å². The minimum Gasteiger partial charge on any atom is -0.493 e. The summed E-state index contributed by atoms with van der Waals surface area (Å²) in [5.74, 6) is 1.08. The molecule has 0 saturated carbocycles. The summed E-state index contributed by atoms with van der Waals surface area (Å²) in [6, 6.07) is 11.9. The van der Waals surface area contributed by atoms with Crippen LogP contribution in [0.2, 0.25) is 0 Å². The van der Waals surface area contributed by atoms with Crippen molar-refractivity contribution in [2.75, 3.05) is 20.5 Å². The highest BCUT2D eigenvalue weighted by atomic mass is 32.2. The number of methoxy groups -OCH3 is 2. The fraction of sp³-hybridized carbons (Fsp3) is 0.333. The monoisotopic (exact) mass is 416 g/mol. The zero-order chi connectivity index (χ0) is 20.1. The van der Waals surface area contributed by atoms with Gasteiger partial charge in [0.25, 0.3) is 5.91 Å². The molecule has 0 radical (unpaired) electrons. The van der Waals surface area contributed by atoms with E-state index in [9.17, 15) is 4.79 Å². The molecule has 5 nitrogen and oxygen atoms in total. The summed E-state index contributed by atoms with van der Waals surface area (Å²) in [5, 5.41) is 0. The van der Waals surface area contributed by atoms with Gasteiger partial charge in [-0.15, -0.1) is 11.8 Å². The Morgan fingerprint density at radius 1 is 1.14 bits per heavy atom. The molecule has 3 rings (SSSR count). The quantitative estimate of drug-likeness (QED) is 0.531. The van der Waals surface area contributed by atoms with Crippen molar-refractivity contribution in [1.82, 2.24) is 4.57 Å². The number of amides is 1. The van der Waals surface area contributed by atoms with Crippen LogP contribution in [-0.2, 0) is 17.8 Å². The predicted octanol–water partition coefficient (Wildman–Crippen LogP) is 4.52. The molecule has 0 aliphatic rings. The lowest BCUT2D eigenvalue weighted by molar-refractivity contribution is -0.117. The fourth-order valence-corrected chi connectivity index (χ4v) is 4.64. The van der Waals surface area contributed by atoms with E-state index in [1.54, 1.807) is 37.3 Å². The molecular weight excluding hydrogens is 392 g/mol. The number of rotatable bonds is 7. The smallest absolute Gasteiger partial charge is 0.252 e. The van der Waals surface area contributed by atoms with Crippen molar-refractivity contribution >= 4 is 39.2 Å². The normalized spacial score (nSPS) is 11.8. The second-order valence-electron chi connectivity index (χ2n) is 6.24. The van der Waals surface area contributed by atoms with Crippen LogP contribution in [0.25, 0.3) is 10.2 Å². The maximum absolute atomic E-state index is 12.6. The average molecular weight is 417 g/mol. The molecule has 0 atom stereocenters. The molecule has 3 aromatic rings. The van der Waals surface area contributed by atoms with E-state index in [1.165, 1.54) is 4.90 Å². The van der Waals surface area contributed by atoms with Gasteiger partial charge < -0.3 is 14.0 Å². The van der Waals surface area contributed by atoms with Crippen molar-refractivity contribution in [2.45, 2.75) is 31.2 Å². The number of ether oxygens (including phenoxy) is 2. The number of fused-ring (bicyclic) bond motifs is 1. The van der Waals surface area contributed by atoms with Crippen LogP contribution >= 0.6 is 23.1 Å². The zero-order valence-electron chi connectivity index (χ0n) is 16.5. The van der Waals surface area contributed by atoms with Crippen molar-refractivity contribution in [1.29, 1.82) is 0 Å². The lowest BCUT2D eigenvalue weighted by Gasteiger charge is -2.08. The molecular formula is C21H24N2O3S2. The molecule has 0 N–H and O–H groups in total. The number of aromatic nitrogens is 1. The van der Waals surface area contributed by atoms with Crippen LogP contribution in [-0.4, -0.2) is 30.9 Å². The molecule has 0 fully saturated rings. The second-order valence-corrected chi connectivity index (χ2v) is 8.13. The Kier molecular flexibility index (Phi) is 6.80. The highest BCUT2D eigenvalue weighted by Gasteiger charge is 2.11. The molecule has 1 aromatic heterocycles. The van der Waals surface area contributed by atoms with Crippen LogP contribution in [0, 0.1) is 0 Å². The highest BCUT2D eigenvalue weighted by molar-refractivity contribution is 7.98. The number of carbonyl (C=O) groups excluding carboxylic acids is 1. The lowest BCUT2D eigenvalue weighted by atomic mass is 10.1. The number of aryl methyl sites for hydroxylation is 1. The van der Waals surface area contributed by atoms with Crippen molar-refractivity contribution in [3.8, 4) is 11.5 Å². The van der Waals surface area contributed by atoms with Crippen LogP contribution in [0.3, 0.4) is 0 Å². The molecule has 0 saturated heterocycles. The Bertz CT molecular complexity index is 1050. The third kappa shape index (κ3) is 4.42. The van der Waals surface area contributed by atoms with Gasteiger partial charge in [-0.1, -0.05) is 24.3 Å². The van der Waals surface area contributed by atoms with Crippen LogP contribution in [0.4, 0.5) is 0 Å². The Balaban J connectivity index is 1.94. The number of benzene rings is 2. The first kappa shape index (κ1) is 20.5. The Labute approximate surface area is 173 Å². The molecule has 0 aliphatic heterocycles. The standard InChI is InChI=1S/C21H24N2O3S2/c1-5-10-23-16-8-7-15(27-4)13-19(16)28-21(23)22-20(24)12-14-6-9-17(25-2)18(11-14)26-3/h6-9,11,13H,5,10,12H2,1-4H3. The van der Waals surface area contributed by atoms with E-state index < -0.39 is 0 Å². The zero-order valence-corrected chi connectivity index (χ0v) is 18.2. The number of nitrogens with zero attached hydrogens (tertiary/aromatic N) is 2. The van der Waals surface area contributed by atoms with Crippen LogP contribution < -0.4 is 14.3 Å². The van der Waals surface area contributed by atoms with Crippen molar-refractivity contribution in [2.24, 2.45) is 4.99 Å². The largest absolute Gasteiger partial charge is 0.493 e. The Morgan fingerprint density at radius 3 is 2.61 bits per heavy atom. The van der Waals surface area contributed by atoms with Gasteiger partial charge in [0.2, 0.25) is 0 Å². The van der Waals surface area contributed by atoms with Gasteiger partial charge in [0.15, 0.2) is 16.3 Å². The summed E-state index contributed by atoms with van der Waals surface area (Å²) in [6.07, 6.45) is 3.26. The van der Waals surface area contributed by atoms with E-state index >= 15 is 0 Å². The fourth-order valence-electron chi connectivity index (χ4n) is 3.02. The number of thioether (sulfide) groups is 1. The van der Waals surface area contributed by atoms with Crippen molar-refractivity contribution in [3.05, 3.63) is 46.8 Å². The molecule has 0 unspecified atom stereocenters. The van der Waals surface area contributed by atoms with Gasteiger partial charge in [0.05, 0.1) is 30.9 Å². The summed E-state index contributed by atoms with van der Waals surface area (Å²) >= 11 is 3.28. The topological polar surface area (TPSA) is 52.8 Å². The first-order valence-corrected chi connectivity index (χ1v) is 11.1. The summed E-state index contributed by atoms with van der Waals surface area (Å²) in [4.78, 5) is 19.0. The van der Waals surface area contributed by atoms with E-state index in [1.807, 2.05) is 18.2 Å². The molecule has 0 aliphatic carbocycles. The SMILES string of the molecule is CCCn1c(=NC(=O)Cc2ccc(OC)c(OC)c2)sc2cc(SC)ccc21. The first-order valence-electron chi connectivity index (χ1n) is 9.05. The number of hydrogen-bond acceptors (Lipinski definition) is 5. The molecule has 0 bridgehead atoms. The maximum atomic E-state index is 12.6. The van der Waals surface area contributed by atoms with Crippen LogP contribution in [0.15, 0.2) is 46.3 Å². The summed E-state index contributed by atoms with van der Waals surface area (Å²) in [5.41, 5.74) is 1.97. The molecule has 2 aromatic carbocycles. The average Bonchev–Trinajstić information content (AvgIpc) is 3.04. The first-order chi connectivity index (χ1) is 13.6. The molecule has 1 amide bonds. The van der Waals surface area contributed by atoms with Crippen molar-refractivity contribution < 1.29 is 14.3 Å². The Hall–Kier alpha value is -2.25. The number of thiazole rings is 1. The van der Waals surface area contributed by atoms with Gasteiger partial charge in [-0.25, -0.2) is 0 Å². The molecule has 1 heterocycles. The van der Waals surface area contributed by atoms with Gasteiger partial charge in [0.1, 0.15) is 0 Å². The maximum Gasteiger partial charge on any atom is 0.252 e. The summed E-state index contributed by atoms with van der Waals surface area (Å²) in [6.45, 7) is 2.96. The van der Waals surface area contributed by atoms with Gasteiger partial charge in [-0.3, -0.25) is 4.79 Å². The van der Waals surface area contributed by atoms with Gasteiger partial charge in [-0.05, 0) is 48.6 Å². The minimum atomic E-state index is -0.172. The molecule has 7 heteroatoms. The van der Waals surface area contributed by atoms with E-state index in [-0.39, 0.29) is 12.3 Å². The lowest BCUT2D eigenvalue weighted by Crippen LogP contribution is -2.17. The number of carbonyl (C=O) groups is 1. The Morgan fingerprint density at radius 2 is 1.93 bits per heavy atom.